The van der Waals surface area contributed by atoms with Gasteiger partial charge in [0.1, 0.15) is 17.3 Å². The Morgan fingerprint density at radius 3 is 2.63 bits per heavy atom. The standard InChI is InChI=1S/C21H22N4O2/c1-15-6-5-7-16(10-15)11-25-21(26)18-13-24-20(14-22-18)23-12-17-8-3-4-9-19(17)27-2/h3-10,13-14H,11-12H2,1-2H3,(H,23,24)(H,25,26). The van der Waals surface area contributed by atoms with E-state index in [1.165, 1.54) is 6.20 Å². The number of nitrogens with zero attached hydrogens (tertiary/aromatic N) is 2. The Morgan fingerprint density at radius 1 is 1.04 bits per heavy atom. The summed E-state index contributed by atoms with van der Waals surface area (Å²) in [5.74, 6) is 1.15. The first-order valence-electron chi connectivity index (χ1n) is 8.67. The topological polar surface area (TPSA) is 76.1 Å². The van der Waals surface area contributed by atoms with Crippen molar-refractivity contribution in [3.63, 3.8) is 0 Å². The van der Waals surface area contributed by atoms with Gasteiger partial charge >= 0.3 is 0 Å². The van der Waals surface area contributed by atoms with Gasteiger partial charge in [0.05, 0.1) is 19.5 Å². The van der Waals surface area contributed by atoms with E-state index in [1.807, 2.05) is 55.5 Å². The lowest BCUT2D eigenvalue weighted by Gasteiger charge is -2.10. The van der Waals surface area contributed by atoms with E-state index in [-0.39, 0.29) is 11.6 Å². The zero-order valence-corrected chi connectivity index (χ0v) is 15.4. The van der Waals surface area contributed by atoms with Crippen molar-refractivity contribution in [1.29, 1.82) is 0 Å². The minimum atomic E-state index is -0.250. The molecule has 0 aliphatic heterocycles. The monoisotopic (exact) mass is 362 g/mol. The van der Waals surface area contributed by atoms with Gasteiger partial charge in [0.2, 0.25) is 0 Å². The van der Waals surface area contributed by atoms with Crippen LogP contribution in [0, 0.1) is 6.92 Å². The van der Waals surface area contributed by atoms with Gasteiger partial charge in [0, 0.05) is 18.7 Å². The maximum Gasteiger partial charge on any atom is 0.271 e. The molecule has 0 radical (unpaired) electrons. The number of hydrogen-bond acceptors (Lipinski definition) is 5. The third-order valence-corrected chi connectivity index (χ3v) is 4.07. The molecule has 0 atom stereocenters. The molecule has 0 saturated carbocycles. The van der Waals surface area contributed by atoms with Crippen molar-refractivity contribution in [2.45, 2.75) is 20.0 Å². The van der Waals surface area contributed by atoms with Crippen molar-refractivity contribution >= 4 is 11.7 Å². The average molecular weight is 362 g/mol. The molecular weight excluding hydrogens is 340 g/mol. The Kier molecular flexibility index (Phi) is 5.99. The van der Waals surface area contributed by atoms with E-state index in [2.05, 4.69) is 20.6 Å². The number of nitrogens with one attached hydrogen (secondary N) is 2. The number of benzene rings is 2. The van der Waals surface area contributed by atoms with Crippen LogP contribution < -0.4 is 15.4 Å². The zero-order chi connectivity index (χ0) is 19.1. The van der Waals surface area contributed by atoms with Gasteiger partial charge in [-0.15, -0.1) is 0 Å². The molecule has 0 saturated heterocycles. The summed E-state index contributed by atoms with van der Waals surface area (Å²) in [7, 11) is 1.64. The minimum Gasteiger partial charge on any atom is -0.496 e. The Morgan fingerprint density at radius 2 is 1.89 bits per heavy atom. The van der Waals surface area contributed by atoms with Crippen molar-refractivity contribution < 1.29 is 9.53 Å². The van der Waals surface area contributed by atoms with Crippen molar-refractivity contribution in [2.75, 3.05) is 12.4 Å². The van der Waals surface area contributed by atoms with Crippen LogP contribution >= 0.6 is 0 Å². The quantitative estimate of drug-likeness (QED) is 0.674. The number of rotatable bonds is 7. The molecular formula is C21H22N4O2. The first kappa shape index (κ1) is 18.4. The fraction of sp³-hybridized carbons (Fsp3) is 0.190. The van der Waals surface area contributed by atoms with Gasteiger partial charge in [-0.3, -0.25) is 4.79 Å². The number of anilines is 1. The molecule has 0 unspecified atom stereocenters. The van der Waals surface area contributed by atoms with E-state index < -0.39 is 0 Å². The summed E-state index contributed by atoms with van der Waals surface area (Å²) in [6.45, 7) is 3.03. The van der Waals surface area contributed by atoms with Gasteiger partial charge in [0.25, 0.3) is 5.91 Å². The number of carbonyl (C=O) groups is 1. The van der Waals surface area contributed by atoms with Crippen LogP contribution in [0.5, 0.6) is 5.75 Å². The number of carbonyl (C=O) groups excluding carboxylic acids is 1. The second kappa shape index (κ2) is 8.80. The SMILES string of the molecule is COc1ccccc1CNc1cnc(C(=O)NCc2cccc(C)c2)cn1. The minimum absolute atomic E-state index is 0.250. The Bertz CT molecular complexity index is 910. The highest BCUT2D eigenvalue weighted by Crippen LogP contribution is 2.18. The van der Waals surface area contributed by atoms with Crippen LogP contribution in [-0.4, -0.2) is 23.0 Å². The molecule has 1 amide bonds. The van der Waals surface area contributed by atoms with Crippen molar-refractivity contribution in [1.82, 2.24) is 15.3 Å². The molecule has 0 bridgehead atoms. The van der Waals surface area contributed by atoms with Crippen LogP contribution in [0.1, 0.15) is 27.2 Å². The number of aromatic nitrogens is 2. The highest BCUT2D eigenvalue weighted by atomic mass is 16.5. The molecule has 27 heavy (non-hydrogen) atoms. The van der Waals surface area contributed by atoms with Crippen LogP contribution in [0.25, 0.3) is 0 Å². The van der Waals surface area contributed by atoms with Crippen LogP contribution in [0.15, 0.2) is 60.9 Å². The maximum absolute atomic E-state index is 12.2. The van der Waals surface area contributed by atoms with E-state index in [0.29, 0.717) is 18.9 Å². The van der Waals surface area contributed by atoms with Crippen LogP contribution in [0.2, 0.25) is 0 Å². The van der Waals surface area contributed by atoms with Crippen LogP contribution in [0.4, 0.5) is 5.82 Å². The third-order valence-electron chi connectivity index (χ3n) is 4.07. The van der Waals surface area contributed by atoms with E-state index in [4.69, 9.17) is 4.74 Å². The number of hydrogen-bond donors (Lipinski definition) is 2. The number of amides is 1. The molecule has 2 aromatic carbocycles. The Balaban J connectivity index is 1.55. The largest absolute Gasteiger partial charge is 0.496 e. The normalized spacial score (nSPS) is 10.3. The molecule has 3 aromatic rings. The summed E-state index contributed by atoms with van der Waals surface area (Å²) in [6.07, 6.45) is 3.02. The molecule has 1 heterocycles. The maximum atomic E-state index is 12.2. The van der Waals surface area contributed by atoms with E-state index >= 15 is 0 Å². The highest BCUT2D eigenvalue weighted by Gasteiger charge is 2.08. The van der Waals surface area contributed by atoms with Crippen LogP contribution in [0.3, 0.4) is 0 Å². The molecule has 0 aliphatic carbocycles. The lowest BCUT2D eigenvalue weighted by atomic mass is 10.1. The molecule has 2 N–H and O–H groups in total. The van der Waals surface area contributed by atoms with Gasteiger partial charge in [-0.2, -0.15) is 0 Å². The first-order chi connectivity index (χ1) is 13.2. The predicted molar refractivity (Wildman–Crippen MR) is 105 cm³/mol. The van der Waals surface area contributed by atoms with E-state index in [9.17, 15) is 4.79 Å². The number of methoxy groups -OCH3 is 1. The van der Waals surface area contributed by atoms with Gasteiger partial charge in [0.15, 0.2) is 0 Å². The Hall–Kier alpha value is -3.41. The van der Waals surface area contributed by atoms with Crippen molar-refractivity contribution in [3.8, 4) is 5.75 Å². The average Bonchev–Trinajstić information content (AvgIpc) is 2.71. The fourth-order valence-electron chi connectivity index (χ4n) is 2.67. The second-order valence-corrected chi connectivity index (χ2v) is 6.12. The highest BCUT2D eigenvalue weighted by molar-refractivity contribution is 5.91. The van der Waals surface area contributed by atoms with Gasteiger partial charge < -0.3 is 15.4 Å². The smallest absolute Gasteiger partial charge is 0.271 e. The Labute approximate surface area is 158 Å². The van der Waals surface area contributed by atoms with Gasteiger partial charge in [-0.05, 0) is 18.6 Å². The molecule has 138 valence electrons. The summed E-state index contributed by atoms with van der Waals surface area (Å²) in [5, 5.41) is 6.04. The zero-order valence-electron chi connectivity index (χ0n) is 15.4. The van der Waals surface area contributed by atoms with Gasteiger partial charge in [-0.25, -0.2) is 9.97 Å². The molecule has 6 heteroatoms. The number of aryl methyl sites for hydroxylation is 1. The summed E-state index contributed by atoms with van der Waals surface area (Å²) >= 11 is 0. The molecule has 0 spiro atoms. The number of para-hydroxylation sites is 1. The molecule has 0 fully saturated rings. The summed E-state index contributed by atoms with van der Waals surface area (Å²) in [4.78, 5) is 20.7. The molecule has 1 aromatic heterocycles. The third kappa shape index (κ3) is 5.04. The number of ether oxygens (including phenoxy) is 1. The summed E-state index contributed by atoms with van der Waals surface area (Å²) in [6, 6.07) is 15.8. The molecule has 6 nitrogen and oxygen atoms in total. The van der Waals surface area contributed by atoms with E-state index in [0.717, 1.165) is 22.4 Å². The second-order valence-electron chi connectivity index (χ2n) is 6.12. The van der Waals surface area contributed by atoms with Crippen LogP contribution in [-0.2, 0) is 13.1 Å². The van der Waals surface area contributed by atoms with Gasteiger partial charge in [-0.1, -0.05) is 48.0 Å². The van der Waals surface area contributed by atoms with Crippen molar-refractivity contribution in [3.05, 3.63) is 83.3 Å². The molecule has 3 rings (SSSR count). The lowest BCUT2D eigenvalue weighted by molar-refractivity contribution is 0.0945. The first-order valence-corrected chi connectivity index (χ1v) is 8.67. The molecule has 0 aliphatic rings. The summed E-state index contributed by atoms with van der Waals surface area (Å²) in [5.41, 5.74) is 3.51. The lowest BCUT2D eigenvalue weighted by Crippen LogP contribution is -2.24. The van der Waals surface area contributed by atoms with E-state index in [1.54, 1.807) is 13.3 Å². The predicted octanol–water partition coefficient (Wildman–Crippen LogP) is 3.34. The summed E-state index contributed by atoms with van der Waals surface area (Å²) < 4.78 is 5.33. The fourth-order valence-corrected chi connectivity index (χ4v) is 2.67. The van der Waals surface area contributed by atoms with Crippen molar-refractivity contribution in [2.24, 2.45) is 0 Å².